The van der Waals surface area contributed by atoms with Crippen LogP contribution in [0, 0.1) is 0 Å². The molecule has 6 heteroatoms. The van der Waals surface area contributed by atoms with Crippen molar-refractivity contribution in [1.29, 1.82) is 0 Å². The number of Topliss-reactive ketones (excluding diaryl/α,β-unsaturated/α-hetero) is 1. The number of ketones is 1. The Balaban J connectivity index is 2.31. The minimum absolute atomic E-state index is 0.0227. The number of benzene rings is 1. The molecule has 2 rings (SSSR count). The highest BCUT2D eigenvalue weighted by Gasteiger charge is 2.30. The van der Waals surface area contributed by atoms with Crippen molar-refractivity contribution in [2.24, 2.45) is 0 Å². The van der Waals surface area contributed by atoms with Crippen LogP contribution in [0.15, 0.2) is 29.2 Å². The zero-order chi connectivity index (χ0) is 14.8. The van der Waals surface area contributed by atoms with E-state index in [1.807, 2.05) is 0 Å². The fourth-order valence-corrected chi connectivity index (χ4v) is 3.78. The van der Waals surface area contributed by atoms with E-state index in [-0.39, 0.29) is 16.7 Å². The zero-order valence-corrected chi connectivity index (χ0v) is 12.6. The second-order valence-electron chi connectivity index (χ2n) is 4.97. The quantitative estimate of drug-likeness (QED) is 0.831. The summed E-state index contributed by atoms with van der Waals surface area (Å²) in [7, 11) is -1.95. The average molecular weight is 296 g/mol. The number of hydrogen-bond donors (Lipinski definition) is 1. The highest BCUT2D eigenvalue weighted by molar-refractivity contribution is 7.89. The Morgan fingerprint density at radius 1 is 1.45 bits per heavy atom. The van der Waals surface area contributed by atoms with Crippen molar-refractivity contribution in [3.63, 3.8) is 0 Å². The van der Waals surface area contributed by atoms with Crippen LogP contribution in [0.4, 0.5) is 0 Å². The monoisotopic (exact) mass is 296 g/mol. The van der Waals surface area contributed by atoms with Gasteiger partial charge in [-0.05, 0) is 25.1 Å². The molecule has 1 unspecified atom stereocenters. The van der Waals surface area contributed by atoms with Gasteiger partial charge in [0.1, 0.15) is 0 Å². The van der Waals surface area contributed by atoms with Crippen molar-refractivity contribution in [2.45, 2.75) is 30.7 Å². The zero-order valence-electron chi connectivity index (χ0n) is 11.8. The summed E-state index contributed by atoms with van der Waals surface area (Å²) in [5.74, 6) is -0.0489. The predicted octanol–water partition coefficient (Wildman–Crippen LogP) is 1.26. The summed E-state index contributed by atoms with van der Waals surface area (Å²) in [5, 5.41) is 3.16. The van der Waals surface area contributed by atoms with Gasteiger partial charge < -0.3 is 5.32 Å². The summed E-state index contributed by atoms with van der Waals surface area (Å²) in [5.41, 5.74) is 0.450. The van der Waals surface area contributed by atoms with Crippen molar-refractivity contribution in [2.75, 3.05) is 20.1 Å². The highest BCUT2D eigenvalue weighted by atomic mass is 32.2. The topological polar surface area (TPSA) is 66.5 Å². The molecule has 1 atom stereocenters. The van der Waals surface area contributed by atoms with E-state index in [1.165, 1.54) is 10.4 Å². The standard InChI is InChI=1S/C14H20N2O3S/c1-3-14(17)11-5-4-6-13(9-11)20(18,19)16(2)12-7-8-15-10-12/h4-6,9,12,15H,3,7-8,10H2,1-2H3. The van der Waals surface area contributed by atoms with Gasteiger partial charge in [-0.15, -0.1) is 0 Å². The fourth-order valence-electron chi connectivity index (χ4n) is 2.35. The van der Waals surface area contributed by atoms with Crippen LogP contribution in [-0.4, -0.2) is 44.7 Å². The van der Waals surface area contributed by atoms with Crippen molar-refractivity contribution in [1.82, 2.24) is 9.62 Å². The molecule has 0 spiro atoms. The van der Waals surface area contributed by atoms with Gasteiger partial charge in [0.25, 0.3) is 0 Å². The molecule has 0 saturated carbocycles. The van der Waals surface area contributed by atoms with Gasteiger partial charge in [-0.2, -0.15) is 4.31 Å². The summed E-state index contributed by atoms with van der Waals surface area (Å²) in [4.78, 5) is 11.9. The largest absolute Gasteiger partial charge is 0.315 e. The van der Waals surface area contributed by atoms with Crippen LogP contribution in [0.1, 0.15) is 30.1 Å². The Bertz CT molecular complexity index is 592. The van der Waals surface area contributed by atoms with Gasteiger partial charge in [0.2, 0.25) is 10.0 Å². The van der Waals surface area contributed by atoms with Crippen LogP contribution in [0.5, 0.6) is 0 Å². The van der Waals surface area contributed by atoms with Crippen LogP contribution in [0.3, 0.4) is 0 Å². The minimum Gasteiger partial charge on any atom is -0.315 e. The maximum absolute atomic E-state index is 12.6. The van der Waals surface area contributed by atoms with E-state index in [9.17, 15) is 13.2 Å². The van der Waals surface area contributed by atoms with E-state index in [1.54, 1.807) is 32.2 Å². The van der Waals surface area contributed by atoms with Gasteiger partial charge in [-0.1, -0.05) is 19.1 Å². The molecule has 1 saturated heterocycles. The number of sulfonamides is 1. The molecule has 1 aliphatic rings. The molecular weight excluding hydrogens is 276 g/mol. The second kappa shape index (κ2) is 6.03. The summed E-state index contributed by atoms with van der Waals surface area (Å²) in [6, 6.07) is 6.27. The van der Waals surface area contributed by atoms with E-state index >= 15 is 0 Å². The Hall–Kier alpha value is -1.24. The number of rotatable bonds is 5. The van der Waals surface area contributed by atoms with Gasteiger partial charge in [-0.3, -0.25) is 4.79 Å². The van der Waals surface area contributed by atoms with E-state index in [0.29, 0.717) is 18.5 Å². The predicted molar refractivity (Wildman–Crippen MR) is 77.3 cm³/mol. The van der Waals surface area contributed by atoms with Crippen molar-refractivity contribution >= 4 is 15.8 Å². The molecule has 0 amide bonds. The third-order valence-electron chi connectivity index (χ3n) is 3.70. The number of likely N-dealkylation sites (N-methyl/N-ethyl adjacent to an activating group) is 1. The summed E-state index contributed by atoms with van der Waals surface area (Å²) < 4.78 is 26.5. The van der Waals surface area contributed by atoms with Crippen LogP contribution in [-0.2, 0) is 10.0 Å². The second-order valence-corrected chi connectivity index (χ2v) is 6.97. The van der Waals surface area contributed by atoms with E-state index in [2.05, 4.69) is 5.32 Å². The van der Waals surface area contributed by atoms with Crippen LogP contribution in [0.25, 0.3) is 0 Å². The van der Waals surface area contributed by atoms with E-state index < -0.39 is 10.0 Å². The lowest BCUT2D eigenvalue weighted by Gasteiger charge is -2.23. The third kappa shape index (κ3) is 2.92. The smallest absolute Gasteiger partial charge is 0.243 e. The summed E-state index contributed by atoms with van der Waals surface area (Å²) >= 11 is 0. The molecule has 1 N–H and O–H groups in total. The first-order valence-corrected chi connectivity index (χ1v) is 8.23. The number of carbonyl (C=O) groups excluding carboxylic acids is 1. The minimum atomic E-state index is -3.55. The first-order valence-electron chi connectivity index (χ1n) is 6.79. The molecule has 0 aromatic heterocycles. The molecule has 1 aromatic carbocycles. The summed E-state index contributed by atoms with van der Waals surface area (Å²) in [6.45, 7) is 3.27. The van der Waals surface area contributed by atoms with Crippen molar-refractivity contribution < 1.29 is 13.2 Å². The fraction of sp³-hybridized carbons (Fsp3) is 0.500. The van der Waals surface area contributed by atoms with Crippen LogP contribution in [0.2, 0.25) is 0 Å². The molecule has 1 aliphatic heterocycles. The molecule has 0 aliphatic carbocycles. The molecule has 0 radical (unpaired) electrons. The molecule has 1 fully saturated rings. The Morgan fingerprint density at radius 3 is 2.80 bits per heavy atom. The first kappa shape index (κ1) is 15.2. The van der Waals surface area contributed by atoms with E-state index in [4.69, 9.17) is 0 Å². The molecule has 5 nitrogen and oxygen atoms in total. The molecule has 110 valence electrons. The lowest BCUT2D eigenvalue weighted by Crippen LogP contribution is -2.38. The van der Waals surface area contributed by atoms with Crippen LogP contribution < -0.4 is 5.32 Å². The summed E-state index contributed by atoms with van der Waals surface area (Å²) in [6.07, 6.45) is 1.18. The van der Waals surface area contributed by atoms with Gasteiger partial charge in [0.05, 0.1) is 4.90 Å². The number of nitrogens with one attached hydrogen (secondary N) is 1. The normalized spacial score (nSPS) is 19.4. The SMILES string of the molecule is CCC(=O)c1cccc(S(=O)(=O)N(C)C2CCNC2)c1. The van der Waals surface area contributed by atoms with Gasteiger partial charge >= 0.3 is 0 Å². The molecule has 20 heavy (non-hydrogen) atoms. The maximum atomic E-state index is 12.6. The molecule has 0 bridgehead atoms. The van der Waals surface area contributed by atoms with Crippen LogP contribution >= 0.6 is 0 Å². The first-order chi connectivity index (χ1) is 9.46. The van der Waals surface area contributed by atoms with Crippen molar-refractivity contribution in [3.05, 3.63) is 29.8 Å². The number of hydrogen-bond acceptors (Lipinski definition) is 4. The maximum Gasteiger partial charge on any atom is 0.243 e. The third-order valence-corrected chi connectivity index (χ3v) is 5.61. The molecular formula is C14H20N2O3S. The van der Waals surface area contributed by atoms with Gasteiger partial charge in [-0.25, -0.2) is 8.42 Å². The number of nitrogens with zero attached hydrogens (tertiary/aromatic N) is 1. The Labute approximate surface area is 120 Å². The van der Waals surface area contributed by atoms with E-state index in [0.717, 1.165) is 13.0 Å². The Morgan fingerprint density at radius 2 is 2.20 bits per heavy atom. The molecule has 1 aromatic rings. The lowest BCUT2D eigenvalue weighted by molar-refractivity contribution is 0.0988. The van der Waals surface area contributed by atoms with Gasteiger partial charge in [0.15, 0.2) is 5.78 Å². The van der Waals surface area contributed by atoms with Gasteiger partial charge in [0, 0.05) is 31.6 Å². The highest BCUT2D eigenvalue weighted by Crippen LogP contribution is 2.20. The average Bonchev–Trinajstić information content (AvgIpc) is 2.99. The van der Waals surface area contributed by atoms with Crippen molar-refractivity contribution in [3.8, 4) is 0 Å². The molecule has 1 heterocycles. The lowest BCUT2D eigenvalue weighted by atomic mass is 10.1. The Kier molecular flexibility index (Phi) is 4.57. The number of carbonyl (C=O) groups is 1.